The Bertz CT molecular complexity index is 189. The summed E-state index contributed by atoms with van der Waals surface area (Å²) in [5.74, 6) is 0. The Kier molecular flexibility index (Phi) is 9.73. The second-order valence-electron chi connectivity index (χ2n) is 4.03. The van der Waals surface area contributed by atoms with Crippen molar-refractivity contribution in [3.8, 4) is 0 Å². The monoisotopic (exact) mass is 260 g/mol. The molecule has 0 aromatic rings. The fraction of sp³-hybridized carbons (Fsp3) is 0.846. The quantitative estimate of drug-likeness (QED) is 0.418. The van der Waals surface area contributed by atoms with E-state index in [2.05, 4.69) is 34.3 Å². The minimum absolute atomic E-state index is 0.0373. The predicted octanol–water partition coefficient (Wildman–Crippen LogP) is 3.78. The Morgan fingerprint density at radius 3 is 1.88 bits per heavy atom. The van der Waals surface area contributed by atoms with Crippen molar-refractivity contribution in [2.24, 2.45) is 0 Å². The van der Waals surface area contributed by atoms with Gasteiger partial charge in [-0.15, -0.1) is 6.58 Å². The first-order chi connectivity index (χ1) is 8.17. The zero-order valence-corrected chi connectivity index (χ0v) is 12.8. The highest BCUT2D eigenvalue weighted by molar-refractivity contribution is 6.60. The van der Waals surface area contributed by atoms with Crippen LogP contribution in [0.15, 0.2) is 12.7 Å². The number of hydrogen-bond donors (Lipinski definition) is 0. The third-order valence-electron chi connectivity index (χ3n) is 2.48. The van der Waals surface area contributed by atoms with E-state index in [4.69, 9.17) is 13.3 Å². The van der Waals surface area contributed by atoms with Crippen LogP contribution in [0.5, 0.6) is 0 Å². The highest BCUT2D eigenvalue weighted by atomic mass is 28.4. The zero-order chi connectivity index (χ0) is 13.1. The smallest absolute Gasteiger partial charge is 0.373 e. The molecule has 0 saturated heterocycles. The van der Waals surface area contributed by atoms with Crippen LogP contribution in [0.1, 0.15) is 47.0 Å². The summed E-state index contributed by atoms with van der Waals surface area (Å²) in [4.78, 5) is 0. The molecule has 3 nitrogen and oxygen atoms in total. The van der Waals surface area contributed by atoms with Crippen molar-refractivity contribution in [1.82, 2.24) is 0 Å². The summed E-state index contributed by atoms with van der Waals surface area (Å²) in [5, 5.41) is 0. The molecule has 1 atom stereocenters. The average molecular weight is 260 g/mol. The molecular formula is C13H28O3Si. The SMILES string of the molecule is C=CC(CC)O[Si](CC)(OCCC)OCCC. The molecule has 0 aromatic carbocycles. The van der Waals surface area contributed by atoms with Crippen molar-refractivity contribution in [3.05, 3.63) is 12.7 Å². The third kappa shape index (κ3) is 6.36. The van der Waals surface area contributed by atoms with Crippen molar-refractivity contribution in [2.45, 2.75) is 59.1 Å². The summed E-state index contributed by atoms with van der Waals surface area (Å²) < 4.78 is 17.9. The molecule has 102 valence electrons. The van der Waals surface area contributed by atoms with Gasteiger partial charge < -0.3 is 13.3 Å². The fourth-order valence-electron chi connectivity index (χ4n) is 1.44. The van der Waals surface area contributed by atoms with E-state index >= 15 is 0 Å². The highest BCUT2D eigenvalue weighted by Gasteiger charge is 2.40. The summed E-state index contributed by atoms with van der Waals surface area (Å²) in [7, 11) is -2.49. The molecule has 4 heteroatoms. The lowest BCUT2D eigenvalue weighted by atomic mass is 10.3. The predicted molar refractivity (Wildman–Crippen MR) is 74.1 cm³/mol. The summed E-state index contributed by atoms with van der Waals surface area (Å²) in [6, 6.07) is 0.817. The maximum absolute atomic E-state index is 6.07. The lowest BCUT2D eigenvalue weighted by Gasteiger charge is -2.31. The summed E-state index contributed by atoms with van der Waals surface area (Å²) in [6.45, 7) is 13.6. The molecule has 0 fully saturated rings. The van der Waals surface area contributed by atoms with Crippen LogP contribution >= 0.6 is 0 Å². The van der Waals surface area contributed by atoms with Gasteiger partial charge in [0.2, 0.25) is 0 Å². The number of rotatable bonds is 11. The van der Waals surface area contributed by atoms with Crippen LogP contribution in [-0.4, -0.2) is 28.1 Å². The summed E-state index contributed by atoms with van der Waals surface area (Å²) >= 11 is 0. The van der Waals surface area contributed by atoms with Gasteiger partial charge in [0.15, 0.2) is 0 Å². The van der Waals surface area contributed by atoms with Crippen LogP contribution in [0.25, 0.3) is 0 Å². The largest absolute Gasteiger partial charge is 0.501 e. The minimum Gasteiger partial charge on any atom is -0.373 e. The Labute approximate surface area is 108 Å². The van der Waals surface area contributed by atoms with E-state index in [1.165, 1.54) is 0 Å². The van der Waals surface area contributed by atoms with Gasteiger partial charge in [0.25, 0.3) is 0 Å². The van der Waals surface area contributed by atoms with Crippen molar-refractivity contribution in [1.29, 1.82) is 0 Å². The maximum Gasteiger partial charge on any atom is 0.501 e. The van der Waals surface area contributed by atoms with Crippen LogP contribution in [0.3, 0.4) is 0 Å². The molecule has 1 unspecified atom stereocenters. The van der Waals surface area contributed by atoms with Crippen LogP contribution in [0, 0.1) is 0 Å². The van der Waals surface area contributed by atoms with Gasteiger partial charge >= 0.3 is 8.80 Å². The van der Waals surface area contributed by atoms with Crippen LogP contribution in [0.2, 0.25) is 6.04 Å². The molecule has 0 aliphatic rings. The molecule has 0 aliphatic carbocycles. The van der Waals surface area contributed by atoms with Crippen molar-refractivity contribution < 1.29 is 13.3 Å². The highest BCUT2D eigenvalue weighted by Crippen LogP contribution is 2.20. The van der Waals surface area contributed by atoms with E-state index in [9.17, 15) is 0 Å². The Morgan fingerprint density at radius 1 is 1.06 bits per heavy atom. The third-order valence-corrected chi connectivity index (χ3v) is 5.30. The van der Waals surface area contributed by atoms with Gasteiger partial charge in [0, 0.05) is 19.3 Å². The van der Waals surface area contributed by atoms with Crippen LogP contribution in [0.4, 0.5) is 0 Å². The molecule has 0 N–H and O–H groups in total. The normalized spacial score (nSPS) is 13.6. The summed E-state index contributed by atoms with van der Waals surface area (Å²) in [6.07, 6.45) is 4.75. The first kappa shape index (κ1) is 16.8. The molecule has 0 bridgehead atoms. The molecule has 0 heterocycles. The molecule has 0 saturated carbocycles. The minimum atomic E-state index is -2.49. The van der Waals surface area contributed by atoms with Crippen molar-refractivity contribution in [3.63, 3.8) is 0 Å². The lowest BCUT2D eigenvalue weighted by molar-refractivity contribution is 0.0407. The average Bonchev–Trinajstić information content (AvgIpc) is 2.38. The van der Waals surface area contributed by atoms with Crippen molar-refractivity contribution >= 4 is 8.80 Å². The first-order valence-corrected chi connectivity index (χ1v) is 8.69. The van der Waals surface area contributed by atoms with Gasteiger partial charge in [-0.3, -0.25) is 0 Å². The van der Waals surface area contributed by atoms with Crippen molar-refractivity contribution in [2.75, 3.05) is 13.2 Å². The van der Waals surface area contributed by atoms with Gasteiger partial charge in [0.05, 0.1) is 6.10 Å². The van der Waals surface area contributed by atoms with E-state index in [1.807, 2.05) is 6.08 Å². The van der Waals surface area contributed by atoms with E-state index in [0.717, 1.165) is 25.3 Å². The Balaban J connectivity index is 4.57. The molecule has 0 amide bonds. The van der Waals surface area contributed by atoms with E-state index in [1.54, 1.807) is 0 Å². The second kappa shape index (κ2) is 9.83. The lowest BCUT2D eigenvalue weighted by Crippen LogP contribution is -2.48. The molecule has 0 rings (SSSR count). The van der Waals surface area contributed by atoms with Gasteiger partial charge in [-0.05, 0) is 19.3 Å². The molecule has 0 aromatic heterocycles. The molecular weight excluding hydrogens is 232 g/mol. The fourth-order valence-corrected chi connectivity index (χ4v) is 3.99. The van der Waals surface area contributed by atoms with Gasteiger partial charge in [0.1, 0.15) is 0 Å². The maximum atomic E-state index is 6.07. The molecule has 0 aliphatic heterocycles. The Morgan fingerprint density at radius 2 is 1.59 bits per heavy atom. The van der Waals surface area contributed by atoms with Crippen LogP contribution < -0.4 is 0 Å². The zero-order valence-electron chi connectivity index (χ0n) is 11.8. The number of hydrogen-bond acceptors (Lipinski definition) is 3. The van der Waals surface area contributed by atoms with E-state index in [-0.39, 0.29) is 6.10 Å². The summed E-state index contributed by atoms with van der Waals surface area (Å²) in [5.41, 5.74) is 0. The van der Waals surface area contributed by atoms with E-state index in [0.29, 0.717) is 13.2 Å². The topological polar surface area (TPSA) is 27.7 Å². The molecule has 17 heavy (non-hydrogen) atoms. The van der Waals surface area contributed by atoms with Gasteiger partial charge in [-0.1, -0.05) is 33.8 Å². The standard InChI is InChI=1S/C13H28O3Si/c1-6-11-14-17(10-5,15-12-7-2)16-13(8-3)9-4/h8,13H,3,6-7,9-12H2,1-2,4-5H3. The van der Waals surface area contributed by atoms with Gasteiger partial charge in [-0.2, -0.15) is 0 Å². The van der Waals surface area contributed by atoms with Crippen LogP contribution in [-0.2, 0) is 13.3 Å². The first-order valence-electron chi connectivity index (χ1n) is 6.76. The van der Waals surface area contributed by atoms with Gasteiger partial charge in [-0.25, -0.2) is 0 Å². The Hall–Kier alpha value is -0.163. The second-order valence-corrected chi connectivity index (χ2v) is 6.92. The molecule has 0 spiro atoms. The van der Waals surface area contributed by atoms with E-state index < -0.39 is 8.80 Å². The molecule has 0 radical (unpaired) electrons.